The smallest absolute Gasteiger partial charge is 0.324 e. The Labute approximate surface area is 140 Å². The molecule has 2 rings (SSSR count). The van der Waals surface area contributed by atoms with E-state index in [1.807, 2.05) is 6.92 Å². The minimum atomic E-state index is -1.23. The first-order valence-corrected chi connectivity index (χ1v) is 7.81. The van der Waals surface area contributed by atoms with Crippen LogP contribution in [0, 0.1) is 0 Å². The van der Waals surface area contributed by atoms with Crippen LogP contribution in [0.5, 0.6) is 0 Å². The van der Waals surface area contributed by atoms with E-state index in [9.17, 15) is 14.7 Å². The van der Waals surface area contributed by atoms with E-state index in [1.54, 1.807) is 19.1 Å². The second kappa shape index (κ2) is 7.82. The molecule has 0 bridgehead atoms. The number of rotatable bonds is 7. The zero-order chi connectivity index (χ0) is 17.6. The first-order chi connectivity index (χ1) is 11.4. The van der Waals surface area contributed by atoms with E-state index in [0.717, 1.165) is 4.90 Å². The van der Waals surface area contributed by atoms with Gasteiger partial charge in [-0.1, -0.05) is 0 Å². The molecule has 9 nitrogen and oxygen atoms in total. The van der Waals surface area contributed by atoms with Crippen molar-refractivity contribution in [2.75, 3.05) is 32.7 Å². The molecule has 0 aromatic carbocycles. The third kappa shape index (κ3) is 4.48. The van der Waals surface area contributed by atoms with Crippen LogP contribution in [0.25, 0.3) is 0 Å². The van der Waals surface area contributed by atoms with Crippen molar-refractivity contribution >= 4 is 17.9 Å². The zero-order valence-electron chi connectivity index (χ0n) is 13.8. The van der Waals surface area contributed by atoms with Crippen LogP contribution >= 0.6 is 0 Å². The molecule has 0 saturated carbocycles. The lowest BCUT2D eigenvalue weighted by Crippen LogP contribution is -2.43. The molecule has 132 valence electrons. The molecule has 1 saturated heterocycles. The van der Waals surface area contributed by atoms with E-state index in [4.69, 9.17) is 4.42 Å². The lowest BCUT2D eigenvalue weighted by Gasteiger charge is -2.20. The zero-order valence-corrected chi connectivity index (χ0v) is 13.8. The molecule has 2 heterocycles. The second-order valence-electron chi connectivity index (χ2n) is 5.58. The standard InChI is InChI=1S/C15H23N5O4/c1-3-16-13(17-6-7-20-12(21)9-18-14(20)22)19-10-15(2,23)11-5-4-8-24-11/h4-5,8,23H,3,6-7,9-10H2,1-2H3,(H,18,22)(H2,16,17,19). The van der Waals surface area contributed by atoms with Crippen LogP contribution in [-0.2, 0) is 10.4 Å². The fourth-order valence-electron chi connectivity index (χ4n) is 2.21. The van der Waals surface area contributed by atoms with E-state index in [2.05, 4.69) is 20.9 Å². The van der Waals surface area contributed by atoms with Crippen molar-refractivity contribution in [1.29, 1.82) is 0 Å². The van der Waals surface area contributed by atoms with Crippen molar-refractivity contribution in [2.24, 2.45) is 4.99 Å². The van der Waals surface area contributed by atoms with Gasteiger partial charge in [-0.05, 0) is 26.0 Å². The summed E-state index contributed by atoms with van der Waals surface area (Å²) in [5.41, 5.74) is -1.23. The lowest BCUT2D eigenvalue weighted by molar-refractivity contribution is -0.124. The van der Waals surface area contributed by atoms with Gasteiger partial charge in [0.1, 0.15) is 11.4 Å². The molecule has 1 aromatic heterocycles. The van der Waals surface area contributed by atoms with Crippen LogP contribution in [0.3, 0.4) is 0 Å². The Kier molecular flexibility index (Phi) is 5.80. The summed E-state index contributed by atoms with van der Waals surface area (Å²) in [5, 5.41) is 18.9. The van der Waals surface area contributed by atoms with Gasteiger partial charge in [-0.25, -0.2) is 9.79 Å². The van der Waals surface area contributed by atoms with Crippen molar-refractivity contribution < 1.29 is 19.1 Å². The maximum absolute atomic E-state index is 11.5. The van der Waals surface area contributed by atoms with Crippen LogP contribution in [0.15, 0.2) is 27.8 Å². The summed E-state index contributed by atoms with van der Waals surface area (Å²) in [6.07, 6.45) is 1.50. The van der Waals surface area contributed by atoms with Gasteiger partial charge >= 0.3 is 6.03 Å². The molecule has 3 amide bonds. The molecule has 9 heteroatoms. The van der Waals surface area contributed by atoms with E-state index in [1.165, 1.54) is 6.26 Å². The van der Waals surface area contributed by atoms with Crippen LogP contribution < -0.4 is 16.0 Å². The second-order valence-corrected chi connectivity index (χ2v) is 5.58. The fraction of sp³-hybridized carbons (Fsp3) is 0.533. The number of hydrogen-bond donors (Lipinski definition) is 4. The number of carbonyl (C=O) groups is 2. The molecule has 1 unspecified atom stereocenters. The highest BCUT2D eigenvalue weighted by Crippen LogP contribution is 2.20. The maximum Gasteiger partial charge on any atom is 0.324 e. The number of nitrogens with zero attached hydrogens (tertiary/aromatic N) is 2. The Morgan fingerprint density at radius 2 is 2.29 bits per heavy atom. The number of imide groups is 1. The molecule has 1 aliphatic heterocycles. The van der Waals surface area contributed by atoms with Crippen molar-refractivity contribution in [3.8, 4) is 0 Å². The monoisotopic (exact) mass is 337 g/mol. The third-order valence-corrected chi connectivity index (χ3v) is 3.51. The van der Waals surface area contributed by atoms with E-state index in [0.29, 0.717) is 24.8 Å². The van der Waals surface area contributed by atoms with Gasteiger partial charge in [0.05, 0.1) is 19.4 Å². The van der Waals surface area contributed by atoms with Gasteiger partial charge in [-0.2, -0.15) is 0 Å². The van der Waals surface area contributed by atoms with E-state index >= 15 is 0 Å². The molecule has 0 aliphatic carbocycles. The Balaban J connectivity index is 1.89. The summed E-state index contributed by atoms with van der Waals surface area (Å²) in [6, 6.07) is 3.01. The molecule has 1 aliphatic rings. The number of urea groups is 1. The minimum Gasteiger partial charge on any atom is -0.466 e. The molecule has 1 aromatic rings. The van der Waals surface area contributed by atoms with Gasteiger partial charge in [-0.15, -0.1) is 0 Å². The largest absolute Gasteiger partial charge is 0.466 e. The number of aliphatic imine (C=N–C) groups is 1. The van der Waals surface area contributed by atoms with Gasteiger partial charge in [-0.3, -0.25) is 9.69 Å². The average molecular weight is 337 g/mol. The maximum atomic E-state index is 11.5. The number of nitrogens with one attached hydrogen (secondary N) is 3. The summed E-state index contributed by atoms with van der Waals surface area (Å²) in [6.45, 7) is 4.90. The summed E-state index contributed by atoms with van der Waals surface area (Å²) in [5.74, 6) is 0.669. The van der Waals surface area contributed by atoms with Gasteiger partial charge in [0.25, 0.3) is 0 Å². The highest BCUT2D eigenvalue weighted by molar-refractivity contribution is 6.01. The van der Waals surface area contributed by atoms with Crippen LogP contribution in [0.1, 0.15) is 19.6 Å². The molecule has 0 radical (unpaired) electrons. The summed E-state index contributed by atoms with van der Waals surface area (Å²) < 4.78 is 5.21. The molecule has 0 spiro atoms. The average Bonchev–Trinajstić information content (AvgIpc) is 3.18. The van der Waals surface area contributed by atoms with E-state index in [-0.39, 0.29) is 31.6 Å². The highest BCUT2D eigenvalue weighted by Gasteiger charge is 2.28. The number of carbonyl (C=O) groups excluding carboxylic acids is 2. The number of furan rings is 1. The Morgan fingerprint density at radius 1 is 1.50 bits per heavy atom. The Bertz CT molecular complexity index is 581. The van der Waals surface area contributed by atoms with Gasteiger partial charge < -0.3 is 25.5 Å². The van der Waals surface area contributed by atoms with Crippen LogP contribution in [0.2, 0.25) is 0 Å². The summed E-state index contributed by atoms with van der Waals surface area (Å²) in [7, 11) is 0. The van der Waals surface area contributed by atoms with Gasteiger partial charge in [0.2, 0.25) is 5.91 Å². The quantitative estimate of drug-likeness (QED) is 0.305. The summed E-state index contributed by atoms with van der Waals surface area (Å²) in [4.78, 5) is 28.4. The number of hydrogen-bond acceptors (Lipinski definition) is 5. The predicted molar refractivity (Wildman–Crippen MR) is 87.4 cm³/mol. The topological polar surface area (TPSA) is 119 Å². The van der Waals surface area contributed by atoms with Crippen molar-refractivity contribution in [3.05, 3.63) is 24.2 Å². The van der Waals surface area contributed by atoms with Gasteiger partial charge in [0.15, 0.2) is 5.96 Å². The first-order valence-electron chi connectivity index (χ1n) is 7.81. The van der Waals surface area contributed by atoms with Crippen molar-refractivity contribution in [3.63, 3.8) is 0 Å². The SMILES string of the molecule is CCNC(=NCC(C)(O)c1ccco1)NCCN1C(=O)CNC1=O. The number of aliphatic hydroxyl groups is 1. The fourth-order valence-corrected chi connectivity index (χ4v) is 2.21. The van der Waals surface area contributed by atoms with Gasteiger partial charge in [0, 0.05) is 19.6 Å². The molecular weight excluding hydrogens is 314 g/mol. The van der Waals surface area contributed by atoms with E-state index < -0.39 is 5.60 Å². The third-order valence-electron chi connectivity index (χ3n) is 3.51. The lowest BCUT2D eigenvalue weighted by atomic mass is 10.0. The minimum absolute atomic E-state index is 0.0407. The van der Waals surface area contributed by atoms with Crippen LogP contribution in [-0.4, -0.2) is 60.6 Å². The molecule has 24 heavy (non-hydrogen) atoms. The molecule has 1 fully saturated rings. The predicted octanol–water partition coefficient (Wildman–Crippen LogP) is -0.406. The Morgan fingerprint density at radius 3 is 2.88 bits per heavy atom. The highest BCUT2D eigenvalue weighted by atomic mass is 16.4. The number of guanidine groups is 1. The normalized spacial score (nSPS) is 17.6. The Hall–Kier alpha value is -2.55. The molecular formula is C15H23N5O4. The van der Waals surface area contributed by atoms with Crippen LogP contribution in [0.4, 0.5) is 4.79 Å². The number of amides is 3. The first kappa shape index (κ1) is 17.8. The summed E-state index contributed by atoms with van der Waals surface area (Å²) >= 11 is 0. The molecule has 4 N–H and O–H groups in total. The molecule has 1 atom stereocenters. The van der Waals surface area contributed by atoms with Crippen molar-refractivity contribution in [2.45, 2.75) is 19.4 Å². The van der Waals surface area contributed by atoms with Crippen molar-refractivity contribution in [1.82, 2.24) is 20.9 Å².